The number of rotatable bonds is 9. The molecule has 1 spiro atoms. The molecule has 3 fully saturated rings. The number of nitrogens with zero attached hydrogens (tertiary/aromatic N) is 6. The van der Waals surface area contributed by atoms with E-state index in [2.05, 4.69) is 31.7 Å². The first-order valence-electron chi connectivity index (χ1n) is 16.2. The van der Waals surface area contributed by atoms with Gasteiger partial charge in [0.1, 0.15) is 17.9 Å². The molecule has 1 saturated heterocycles. The Kier molecular flexibility index (Phi) is 8.63. The number of fused-ring (bicyclic) bond motifs is 1. The van der Waals surface area contributed by atoms with Crippen LogP contribution < -0.4 is 14.4 Å². The van der Waals surface area contributed by atoms with Gasteiger partial charge in [-0.25, -0.2) is 23.1 Å². The van der Waals surface area contributed by atoms with E-state index in [4.69, 9.17) is 9.47 Å². The molecule has 247 valence electrons. The van der Waals surface area contributed by atoms with Crippen molar-refractivity contribution in [1.82, 2.24) is 24.8 Å². The third kappa shape index (κ3) is 6.19. The Hall–Kier alpha value is -3.01. The summed E-state index contributed by atoms with van der Waals surface area (Å²) < 4.78 is 55.8. The molecule has 2 saturated carbocycles. The molecule has 0 N–H and O–H groups in total. The van der Waals surface area contributed by atoms with Crippen molar-refractivity contribution in [3.05, 3.63) is 65.6 Å². The number of carbonyl (C=O) groups excluding carboxylic acids is 1. The summed E-state index contributed by atoms with van der Waals surface area (Å²) in [5, 5.41) is 0. The fraction of sp³-hybridized carbons (Fsp3) is 0.529. The van der Waals surface area contributed by atoms with E-state index >= 15 is 0 Å². The predicted octanol–water partition coefficient (Wildman–Crippen LogP) is 5.54. The van der Waals surface area contributed by atoms with Crippen LogP contribution in [0.3, 0.4) is 0 Å². The number of aromatic nitrogens is 3. The molecule has 1 amide bonds. The van der Waals surface area contributed by atoms with E-state index in [-0.39, 0.29) is 28.9 Å². The zero-order valence-corrected chi connectivity index (χ0v) is 30.6. The second kappa shape index (κ2) is 12.5. The van der Waals surface area contributed by atoms with Crippen LogP contribution in [0.25, 0.3) is 0 Å². The van der Waals surface area contributed by atoms with Crippen LogP contribution in [0.1, 0.15) is 74.1 Å². The SMILES string of the molecule is CC1c2c(OC3CC4(C3)CN(c3ncncc3Oc3ccc(F)cc3C(=O)N(C(C)C)C3CC(F)(F)C3)C4)ccnc2CCN1[CH2][Pb]. The molecule has 9 nitrogen and oxygen atoms in total. The van der Waals surface area contributed by atoms with Crippen molar-refractivity contribution >= 4 is 37.5 Å². The van der Waals surface area contributed by atoms with Gasteiger partial charge in [0.2, 0.25) is 0 Å². The molecule has 4 aliphatic rings. The Balaban J connectivity index is 1.03. The Labute approximate surface area is 288 Å². The number of anilines is 1. The third-order valence-corrected chi connectivity index (χ3v) is 11.7. The van der Waals surface area contributed by atoms with Crippen LogP contribution in [-0.2, 0) is 6.42 Å². The summed E-state index contributed by atoms with van der Waals surface area (Å²) in [6, 6.07) is 5.02. The van der Waals surface area contributed by atoms with Crippen molar-refractivity contribution in [2.24, 2.45) is 5.41 Å². The Morgan fingerprint density at radius 2 is 1.87 bits per heavy atom. The van der Waals surface area contributed by atoms with Gasteiger partial charge in [0.15, 0.2) is 5.75 Å². The molecule has 47 heavy (non-hydrogen) atoms. The summed E-state index contributed by atoms with van der Waals surface area (Å²) >= 11 is 1.13. The first-order chi connectivity index (χ1) is 22.5. The van der Waals surface area contributed by atoms with Gasteiger partial charge in [0, 0.05) is 24.9 Å². The number of halogens is 3. The molecule has 2 aromatic heterocycles. The number of carbonyl (C=O) groups is 1. The monoisotopic (exact) mass is 843 g/mol. The number of pyridine rings is 1. The Bertz CT molecular complexity index is 1660. The molecular formula is C34H38F3N6O3Pb. The van der Waals surface area contributed by atoms with Crippen LogP contribution in [-0.4, -0.2) is 104 Å². The normalized spacial score (nSPS) is 21.9. The molecule has 3 aromatic rings. The zero-order valence-electron chi connectivity index (χ0n) is 26.8. The van der Waals surface area contributed by atoms with Crippen LogP contribution in [0.15, 0.2) is 43.0 Å². The fourth-order valence-corrected chi connectivity index (χ4v) is 9.39. The van der Waals surface area contributed by atoms with Crippen LogP contribution >= 0.6 is 0 Å². The van der Waals surface area contributed by atoms with Gasteiger partial charge in [0.25, 0.3) is 11.8 Å². The van der Waals surface area contributed by atoms with Gasteiger partial charge < -0.3 is 9.64 Å². The van der Waals surface area contributed by atoms with E-state index in [0.29, 0.717) is 17.6 Å². The maximum atomic E-state index is 14.4. The van der Waals surface area contributed by atoms with Crippen LogP contribution in [0.4, 0.5) is 19.0 Å². The maximum absolute atomic E-state index is 14.4. The average Bonchev–Trinajstić information content (AvgIpc) is 2.98. The Morgan fingerprint density at radius 1 is 1.11 bits per heavy atom. The molecule has 13 heteroatoms. The van der Waals surface area contributed by atoms with Crippen molar-refractivity contribution in [3.63, 3.8) is 0 Å². The fourth-order valence-electron chi connectivity index (χ4n) is 7.71. The summed E-state index contributed by atoms with van der Waals surface area (Å²) in [7, 11) is 0. The van der Waals surface area contributed by atoms with Crippen LogP contribution in [0, 0.1) is 11.2 Å². The van der Waals surface area contributed by atoms with Crippen LogP contribution in [0.5, 0.6) is 17.2 Å². The van der Waals surface area contributed by atoms with Gasteiger partial charge >= 0.3 is 148 Å². The first kappa shape index (κ1) is 32.5. The third-order valence-electron chi connectivity index (χ3n) is 10.1. The minimum absolute atomic E-state index is 0.0282. The summed E-state index contributed by atoms with van der Waals surface area (Å²) in [5.41, 5.74) is 2.47. The topological polar surface area (TPSA) is 83.9 Å². The van der Waals surface area contributed by atoms with Gasteiger partial charge in [-0.05, 0) is 32.0 Å². The van der Waals surface area contributed by atoms with E-state index in [0.717, 1.165) is 86.3 Å². The van der Waals surface area contributed by atoms with E-state index in [1.165, 1.54) is 35.1 Å². The predicted molar refractivity (Wildman–Crippen MR) is 170 cm³/mol. The van der Waals surface area contributed by atoms with Gasteiger partial charge in [-0.15, -0.1) is 0 Å². The van der Waals surface area contributed by atoms with Gasteiger partial charge in [-0.3, -0.25) is 4.79 Å². The first-order valence-corrected chi connectivity index (χ1v) is 19.0. The molecule has 0 bridgehead atoms. The molecule has 2 aliphatic carbocycles. The van der Waals surface area contributed by atoms with Crippen molar-refractivity contribution in [1.29, 1.82) is 0 Å². The molecule has 1 atom stereocenters. The molecule has 1 aromatic carbocycles. The number of hydrogen-bond acceptors (Lipinski definition) is 8. The summed E-state index contributed by atoms with van der Waals surface area (Å²) in [4.78, 5) is 33.0. The standard InChI is InChI=1S/C34H38F3N6O3.Pb/c1-20(2)43(23-12-34(36,37)13-23)32(44)25-11-22(35)5-6-27(25)46-29-16-38-19-40-31(29)42-17-33(18-42)14-24(15-33)45-28-7-9-39-26-8-10-41(4)21(3)30(26)28;/h5-7,9,11,16,19-21,23-24H,4,8,10,12-15,17-18H2,1-3H3;. The molecule has 2 aliphatic heterocycles. The summed E-state index contributed by atoms with van der Waals surface area (Å²) in [6.07, 6.45) is 6.97. The molecule has 7 rings (SSSR count). The number of ether oxygens (including phenoxy) is 2. The molecule has 1 unspecified atom stereocenters. The minimum atomic E-state index is -2.80. The van der Waals surface area contributed by atoms with E-state index in [1.807, 2.05) is 12.3 Å². The molecule has 3 radical (unpaired) electrons. The van der Waals surface area contributed by atoms with E-state index in [1.54, 1.807) is 13.8 Å². The van der Waals surface area contributed by atoms with Crippen molar-refractivity contribution in [3.8, 4) is 17.2 Å². The van der Waals surface area contributed by atoms with Gasteiger partial charge in [-0.1, -0.05) is 0 Å². The van der Waals surface area contributed by atoms with Gasteiger partial charge in [-0.2, -0.15) is 0 Å². The summed E-state index contributed by atoms with van der Waals surface area (Å²) in [6.45, 7) is 8.36. The van der Waals surface area contributed by atoms with Gasteiger partial charge in [0.05, 0.1) is 11.8 Å². The number of benzene rings is 1. The number of hydrogen-bond donors (Lipinski definition) is 0. The Morgan fingerprint density at radius 3 is 2.57 bits per heavy atom. The van der Waals surface area contributed by atoms with E-state index < -0.39 is 36.5 Å². The van der Waals surface area contributed by atoms with Crippen molar-refractivity contribution in [2.75, 3.05) is 28.6 Å². The second-order valence-electron chi connectivity index (χ2n) is 13.7. The van der Waals surface area contributed by atoms with Crippen molar-refractivity contribution in [2.45, 2.75) is 83.0 Å². The number of amides is 1. The van der Waals surface area contributed by atoms with E-state index in [9.17, 15) is 18.0 Å². The van der Waals surface area contributed by atoms with Crippen LogP contribution in [0.2, 0.25) is 0 Å². The molecule has 4 heterocycles. The summed E-state index contributed by atoms with van der Waals surface area (Å²) in [5.74, 6) is -1.98. The molecular weight excluding hydrogens is 805 g/mol. The zero-order chi connectivity index (χ0) is 33.1. The average molecular weight is 843 g/mol. The van der Waals surface area contributed by atoms with Crippen molar-refractivity contribution < 1.29 is 27.4 Å². The number of alkyl halides is 2. The second-order valence-corrected chi connectivity index (χ2v) is 15.0. The quantitative estimate of drug-likeness (QED) is 0.260.